The number of fused-ring (bicyclic) bond motifs is 1. The lowest BCUT2D eigenvalue weighted by Crippen LogP contribution is -2.26. The molecule has 0 amide bonds. The highest BCUT2D eigenvalue weighted by Crippen LogP contribution is 2.31. The van der Waals surface area contributed by atoms with E-state index in [9.17, 15) is 9.59 Å². The van der Waals surface area contributed by atoms with Crippen LogP contribution < -0.4 is 10.2 Å². The summed E-state index contributed by atoms with van der Waals surface area (Å²) in [6, 6.07) is 19.0. The maximum Gasteiger partial charge on any atom is 0.235 e. The van der Waals surface area contributed by atoms with Gasteiger partial charge >= 0.3 is 0 Å². The Morgan fingerprint density at radius 2 is 1.70 bits per heavy atom. The minimum absolute atomic E-state index is 0.0413. The van der Waals surface area contributed by atoms with Gasteiger partial charge in [-0.1, -0.05) is 42.5 Å². The smallest absolute Gasteiger partial charge is 0.235 e. The van der Waals surface area contributed by atoms with Gasteiger partial charge in [0, 0.05) is 5.56 Å². The molecule has 0 aliphatic carbocycles. The average Bonchev–Trinajstić information content (AvgIpc) is 3.24. The Balaban J connectivity index is 1.80. The third-order valence-electron chi connectivity index (χ3n) is 4.22. The van der Waals surface area contributed by atoms with Crippen LogP contribution in [0.2, 0.25) is 0 Å². The number of furan rings is 1. The van der Waals surface area contributed by atoms with Crippen molar-refractivity contribution in [3.8, 4) is 17.3 Å². The van der Waals surface area contributed by atoms with Crippen molar-refractivity contribution in [2.24, 2.45) is 0 Å². The zero-order valence-electron chi connectivity index (χ0n) is 14.5. The maximum atomic E-state index is 13.0. The van der Waals surface area contributed by atoms with Crippen LogP contribution in [0.4, 0.5) is 0 Å². The Hall–Kier alpha value is -3.60. The Morgan fingerprint density at radius 1 is 0.963 bits per heavy atom. The third-order valence-corrected chi connectivity index (χ3v) is 4.22. The number of rotatable bonds is 5. The summed E-state index contributed by atoms with van der Waals surface area (Å²) in [5.74, 6) is 0.248. The fraction of sp³-hybridized carbons (Fsp3) is 0.0909. The molecule has 0 bridgehead atoms. The fourth-order valence-corrected chi connectivity index (χ4v) is 2.87. The van der Waals surface area contributed by atoms with Crippen molar-refractivity contribution in [1.82, 2.24) is 0 Å². The van der Waals surface area contributed by atoms with E-state index >= 15 is 0 Å². The van der Waals surface area contributed by atoms with Crippen LogP contribution in [0.15, 0.2) is 86.6 Å². The number of hydrogen-bond acceptors (Lipinski definition) is 5. The van der Waals surface area contributed by atoms with Crippen molar-refractivity contribution < 1.29 is 18.4 Å². The van der Waals surface area contributed by atoms with E-state index in [-0.39, 0.29) is 22.7 Å². The molecule has 5 nitrogen and oxygen atoms in total. The SMILES string of the molecule is C[C@@H](Oc1c(-c2ccco2)oc2ccccc2c1=O)C(=O)c1ccccc1. The van der Waals surface area contributed by atoms with Gasteiger partial charge in [0.2, 0.25) is 22.7 Å². The van der Waals surface area contributed by atoms with Crippen molar-refractivity contribution in [3.63, 3.8) is 0 Å². The topological polar surface area (TPSA) is 69.7 Å². The highest BCUT2D eigenvalue weighted by atomic mass is 16.5. The van der Waals surface area contributed by atoms with E-state index < -0.39 is 6.10 Å². The lowest BCUT2D eigenvalue weighted by atomic mass is 10.1. The number of carbonyl (C=O) groups excluding carboxylic acids is 1. The Bertz CT molecular complexity index is 1140. The molecule has 5 heteroatoms. The summed E-state index contributed by atoms with van der Waals surface area (Å²) in [7, 11) is 0. The molecule has 4 rings (SSSR count). The van der Waals surface area contributed by atoms with Crippen LogP contribution in [-0.4, -0.2) is 11.9 Å². The molecule has 2 aromatic heterocycles. The number of para-hydroxylation sites is 1. The number of Topliss-reactive ketones (excluding diaryl/α,β-unsaturated/α-hetero) is 1. The van der Waals surface area contributed by atoms with E-state index in [1.54, 1.807) is 67.6 Å². The highest BCUT2D eigenvalue weighted by molar-refractivity contribution is 5.99. The van der Waals surface area contributed by atoms with Crippen LogP contribution in [0, 0.1) is 0 Å². The third kappa shape index (κ3) is 3.15. The van der Waals surface area contributed by atoms with E-state index in [1.165, 1.54) is 6.26 Å². The summed E-state index contributed by atoms with van der Waals surface area (Å²) in [5.41, 5.74) is 0.578. The first kappa shape index (κ1) is 16.8. The van der Waals surface area contributed by atoms with Crippen LogP contribution in [-0.2, 0) is 0 Å². The summed E-state index contributed by atoms with van der Waals surface area (Å²) in [4.78, 5) is 25.6. The van der Waals surface area contributed by atoms with Gasteiger partial charge in [0.05, 0.1) is 11.6 Å². The molecule has 1 atom stereocenters. The van der Waals surface area contributed by atoms with E-state index in [0.717, 1.165) is 0 Å². The second-order valence-corrected chi connectivity index (χ2v) is 6.05. The normalized spacial score (nSPS) is 12.0. The molecule has 2 aromatic carbocycles. The Kier molecular flexibility index (Phi) is 4.34. The second-order valence-electron chi connectivity index (χ2n) is 6.05. The first-order valence-electron chi connectivity index (χ1n) is 8.51. The average molecular weight is 360 g/mol. The van der Waals surface area contributed by atoms with Gasteiger partial charge in [-0.05, 0) is 31.2 Å². The van der Waals surface area contributed by atoms with Crippen molar-refractivity contribution in [2.75, 3.05) is 0 Å². The van der Waals surface area contributed by atoms with Crippen molar-refractivity contribution in [2.45, 2.75) is 13.0 Å². The molecule has 0 unspecified atom stereocenters. The summed E-state index contributed by atoms with van der Waals surface area (Å²) in [5, 5.41) is 0.377. The van der Waals surface area contributed by atoms with Gasteiger partial charge in [0.15, 0.2) is 11.9 Å². The van der Waals surface area contributed by atoms with E-state index in [4.69, 9.17) is 13.6 Å². The molecule has 27 heavy (non-hydrogen) atoms. The molecule has 0 fully saturated rings. The van der Waals surface area contributed by atoms with Crippen molar-refractivity contribution in [1.29, 1.82) is 0 Å². The predicted octanol–water partition coefficient (Wildman–Crippen LogP) is 4.70. The monoisotopic (exact) mass is 360 g/mol. The molecule has 0 spiro atoms. The molecule has 2 heterocycles. The first-order chi connectivity index (χ1) is 13.1. The molecule has 0 saturated heterocycles. The Labute approximate surface area is 154 Å². The molecular weight excluding hydrogens is 344 g/mol. The van der Waals surface area contributed by atoms with Crippen LogP contribution in [0.25, 0.3) is 22.5 Å². The quantitative estimate of drug-likeness (QED) is 0.482. The van der Waals surface area contributed by atoms with Gasteiger partial charge in [-0.15, -0.1) is 0 Å². The minimum atomic E-state index is -0.870. The summed E-state index contributed by atoms with van der Waals surface area (Å²) >= 11 is 0. The van der Waals surface area contributed by atoms with Gasteiger partial charge in [-0.25, -0.2) is 0 Å². The largest absolute Gasteiger partial charge is 0.475 e. The molecule has 0 N–H and O–H groups in total. The van der Waals surface area contributed by atoms with Gasteiger partial charge in [-0.2, -0.15) is 0 Å². The fourth-order valence-electron chi connectivity index (χ4n) is 2.87. The minimum Gasteiger partial charge on any atom is -0.475 e. The summed E-state index contributed by atoms with van der Waals surface area (Å²) in [6.45, 7) is 1.61. The highest BCUT2D eigenvalue weighted by Gasteiger charge is 2.24. The summed E-state index contributed by atoms with van der Waals surface area (Å²) in [6.07, 6.45) is 0.609. The first-order valence-corrected chi connectivity index (χ1v) is 8.51. The number of ether oxygens (including phenoxy) is 1. The second kappa shape index (κ2) is 6.96. The maximum absolute atomic E-state index is 13.0. The van der Waals surface area contributed by atoms with Gasteiger partial charge in [0.25, 0.3) is 0 Å². The zero-order chi connectivity index (χ0) is 18.8. The number of hydrogen-bond donors (Lipinski definition) is 0. The molecular formula is C22H16O5. The van der Waals surface area contributed by atoms with Crippen LogP contribution in [0.5, 0.6) is 5.75 Å². The number of ketones is 1. The molecule has 0 saturated carbocycles. The number of carbonyl (C=O) groups is 1. The molecule has 0 aliphatic rings. The van der Waals surface area contributed by atoms with E-state index in [2.05, 4.69) is 0 Å². The van der Waals surface area contributed by atoms with E-state index in [1.807, 2.05) is 6.07 Å². The summed E-state index contributed by atoms with van der Waals surface area (Å²) < 4.78 is 17.1. The standard InChI is InChI=1S/C22H16O5/c1-14(19(23)15-8-3-2-4-9-15)26-22-20(24)16-10-5-6-11-17(16)27-21(22)18-12-7-13-25-18/h2-14H,1H3/t14-/m1/s1. The lowest BCUT2D eigenvalue weighted by Gasteiger charge is -2.15. The Morgan fingerprint density at radius 3 is 2.44 bits per heavy atom. The van der Waals surface area contributed by atoms with Gasteiger partial charge < -0.3 is 13.6 Å². The lowest BCUT2D eigenvalue weighted by molar-refractivity contribution is 0.0815. The zero-order valence-corrected chi connectivity index (χ0v) is 14.5. The molecule has 0 radical (unpaired) electrons. The van der Waals surface area contributed by atoms with Gasteiger partial charge in [0.1, 0.15) is 5.58 Å². The van der Waals surface area contributed by atoms with Crippen molar-refractivity contribution in [3.05, 3.63) is 88.8 Å². The van der Waals surface area contributed by atoms with Crippen LogP contribution in [0.3, 0.4) is 0 Å². The van der Waals surface area contributed by atoms with Crippen LogP contribution in [0.1, 0.15) is 17.3 Å². The molecule has 134 valence electrons. The van der Waals surface area contributed by atoms with Gasteiger partial charge in [-0.3, -0.25) is 9.59 Å². The molecule has 0 aliphatic heterocycles. The van der Waals surface area contributed by atoms with Crippen molar-refractivity contribution >= 4 is 16.8 Å². The molecule has 4 aromatic rings. The number of benzene rings is 2. The predicted molar refractivity (Wildman–Crippen MR) is 101 cm³/mol. The van der Waals surface area contributed by atoms with Crippen LogP contribution >= 0.6 is 0 Å². The van der Waals surface area contributed by atoms with E-state index in [0.29, 0.717) is 22.3 Å².